The number of aryl methyl sites for hydroxylation is 3. The molecule has 2 N–H and O–H groups in total. The first-order chi connectivity index (χ1) is 9.02. The summed E-state index contributed by atoms with van der Waals surface area (Å²) < 4.78 is 2.27. The zero-order valence-corrected chi connectivity index (χ0v) is 12.4. The van der Waals surface area contributed by atoms with Gasteiger partial charge in [0.15, 0.2) is 0 Å². The molecule has 0 radical (unpaired) electrons. The lowest BCUT2D eigenvalue weighted by Gasteiger charge is -2.12. The van der Waals surface area contributed by atoms with E-state index >= 15 is 0 Å². The number of nitrogens with zero attached hydrogens (tertiary/aromatic N) is 3. The van der Waals surface area contributed by atoms with Crippen molar-refractivity contribution in [1.82, 2.24) is 14.5 Å². The van der Waals surface area contributed by atoms with Gasteiger partial charge < -0.3 is 15.2 Å². The number of nitrogens with two attached hydrogens (primary N) is 1. The molecule has 2 rings (SSSR count). The fourth-order valence-electron chi connectivity index (χ4n) is 2.38. The van der Waals surface area contributed by atoms with E-state index in [1.807, 2.05) is 0 Å². The molecule has 0 unspecified atom stereocenters. The third-order valence-corrected chi connectivity index (χ3v) is 3.61. The minimum atomic E-state index is 0.495. The second-order valence-corrected chi connectivity index (χ2v) is 5.47. The highest BCUT2D eigenvalue weighted by Crippen LogP contribution is 2.21. The highest BCUT2D eigenvalue weighted by atomic mass is 15.1. The highest BCUT2D eigenvalue weighted by Gasteiger charge is 2.10. The summed E-state index contributed by atoms with van der Waals surface area (Å²) in [5, 5.41) is 0. The first-order valence-electron chi connectivity index (χ1n) is 6.84. The Morgan fingerprint density at radius 2 is 1.89 bits per heavy atom. The number of fused-ring (bicyclic) bond motifs is 1. The molecule has 4 nitrogen and oxygen atoms in total. The van der Waals surface area contributed by atoms with Gasteiger partial charge >= 0.3 is 0 Å². The molecule has 0 fully saturated rings. The Balaban J connectivity index is 2.36. The fraction of sp³-hybridized carbons (Fsp3) is 0.533. The minimum absolute atomic E-state index is 0.495. The lowest BCUT2D eigenvalue weighted by atomic mass is 10.1. The van der Waals surface area contributed by atoms with E-state index in [2.05, 4.69) is 54.5 Å². The second-order valence-electron chi connectivity index (χ2n) is 5.47. The van der Waals surface area contributed by atoms with Crippen LogP contribution in [-0.2, 0) is 13.1 Å². The molecule has 0 bridgehead atoms. The van der Waals surface area contributed by atoms with Gasteiger partial charge in [-0.25, -0.2) is 4.98 Å². The molecule has 1 aromatic carbocycles. The highest BCUT2D eigenvalue weighted by molar-refractivity contribution is 5.78. The van der Waals surface area contributed by atoms with Crippen molar-refractivity contribution < 1.29 is 0 Å². The predicted octanol–water partition coefficient (Wildman–Crippen LogP) is 2.06. The van der Waals surface area contributed by atoms with Crippen LogP contribution in [0.15, 0.2) is 12.1 Å². The molecule has 0 saturated carbocycles. The van der Waals surface area contributed by atoms with E-state index in [-0.39, 0.29) is 0 Å². The van der Waals surface area contributed by atoms with Gasteiger partial charge in [-0.15, -0.1) is 0 Å². The summed E-state index contributed by atoms with van der Waals surface area (Å²) in [7, 11) is 4.20. The summed E-state index contributed by atoms with van der Waals surface area (Å²) in [5.74, 6) is 0.985. The molecular formula is C15H24N4. The van der Waals surface area contributed by atoms with Crippen LogP contribution in [0.3, 0.4) is 0 Å². The smallest absolute Gasteiger partial charge is 0.123 e. The molecule has 0 spiro atoms. The molecule has 0 amide bonds. The normalized spacial score (nSPS) is 11.7. The van der Waals surface area contributed by atoms with Gasteiger partial charge in [0.1, 0.15) is 5.82 Å². The molecule has 4 heteroatoms. The lowest BCUT2D eigenvalue weighted by molar-refractivity contribution is 0.386. The second kappa shape index (κ2) is 5.72. The Morgan fingerprint density at radius 3 is 2.53 bits per heavy atom. The van der Waals surface area contributed by atoms with Gasteiger partial charge in [-0.2, -0.15) is 0 Å². The molecule has 0 aliphatic rings. The third-order valence-electron chi connectivity index (χ3n) is 3.61. The van der Waals surface area contributed by atoms with E-state index in [1.54, 1.807) is 0 Å². The average Bonchev–Trinajstić information content (AvgIpc) is 2.67. The van der Waals surface area contributed by atoms with Gasteiger partial charge in [0.25, 0.3) is 0 Å². The van der Waals surface area contributed by atoms with Crippen LogP contribution in [-0.4, -0.2) is 35.1 Å². The number of imidazole rings is 1. The summed E-state index contributed by atoms with van der Waals surface area (Å²) in [5.41, 5.74) is 10.7. The van der Waals surface area contributed by atoms with Crippen molar-refractivity contribution >= 4 is 11.0 Å². The first kappa shape index (κ1) is 14.0. The molecule has 104 valence electrons. The van der Waals surface area contributed by atoms with E-state index in [0.717, 1.165) is 30.9 Å². The Kier molecular flexibility index (Phi) is 4.22. The van der Waals surface area contributed by atoms with Gasteiger partial charge in [-0.1, -0.05) is 0 Å². The van der Waals surface area contributed by atoms with Gasteiger partial charge in [-0.3, -0.25) is 0 Å². The molecule has 0 aliphatic carbocycles. The van der Waals surface area contributed by atoms with Crippen LogP contribution in [0.25, 0.3) is 11.0 Å². The Bertz CT molecular complexity index is 569. The minimum Gasteiger partial charge on any atom is -0.327 e. The third kappa shape index (κ3) is 2.96. The van der Waals surface area contributed by atoms with Crippen molar-refractivity contribution in [3.05, 3.63) is 29.1 Å². The Labute approximate surface area is 115 Å². The summed E-state index contributed by atoms with van der Waals surface area (Å²) in [4.78, 5) is 6.86. The Hall–Kier alpha value is -1.39. The van der Waals surface area contributed by atoms with E-state index < -0.39 is 0 Å². The topological polar surface area (TPSA) is 47.1 Å². The van der Waals surface area contributed by atoms with Crippen molar-refractivity contribution in [2.24, 2.45) is 5.73 Å². The Morgan fingerprint density at radius 1 is 1.21 bits per heavy atom. The van der Waals surface area contributed by atoms with Gasteiger partial charge in [-0.05, 0) is 64.2 Å². The van der Waals surface area contributed by atoms with Crippen molar-refractivity contribution in [3.63, 3.8) is 0 Å². The van der Waals surface area contributed by atoms with Gasteiger partial charge in [0.2, 0.25) is 0 Å². The lowest BCUT2D eigenvalue weighted by Crippen LogP contribution is -2.16. The number of rotatable bonds is 5. The quantitative estimate of drug-likeness (QED) is 0.895. The van der Waals surface area contributed by atoms with Crippen molar-refractivity contribution in [2.75, 3.05) is 20.6 Å². The summed E-state index contributed by atoms with van der Waals surface area (Å²) in [6.45, 7) is 6.82. The van der Waals surface area contributed by atoms with E-state index in [4.69, 9.17) is 5.73 Å². The zero-order chi connectivity index (χ0) is 14.0. The number of hydrogen-bond donors (Lipinski definition) is 1. The van der Waals surface area contributed by atoms with Gasteiger partial charge in [0.05, 0.1) is 17.6 Å². The monoisotopic (exact) mass is 260 g/mol. The molecule has 1 heterocycles. The van der Waals surface area contributed by atoms with E-state index in [0.29, 0.717) is 6.54 Å². The first-order valence-corrected chi connectivity index (χ1v) is 6.84. The van der Waals surface area contributed by atoms with Crippen LogP contribution in [0.1, 0.15) is 23.4 Å². The maximum atomic E-state index is 5.83. The number of hydrogen-bond acceptors (Lipinski definition) is 3. The van der Waals surface area contributed by atoms with Crippen LogP contribution < -0.4 is 5.73 Å². The largest absolute Gasteiger partial charge is 0.327 e. The average molecular weight is 260 g/mol. The van der Waals surface area contributed by atoms with Crippen molar-refractivity contribution in [2.45, 2.75) is 33.4 Å². The SMILES string of the molecule is Cc1cc2nc(CN)n(CCCN(C)C)c2cc1C. The van der Waals surface area contributed by atoms with E-state index in [1.165, 1.54) is 16.6 Å². The van der Waals surface area contributed by atoms with Crippen LogP contribution in [0.2, 0.25) is 0 Å². The molecule has 2 aromatic rings. The van der Waals surface area contributed by atoms with Crippen molar-refractivity contribution in [1.29, 1.82) is 0 Å². The van der Waals surface area contributed by atoms with E-state index in [9.17, 15) is 0 Å². The zero-order valence-electron chi connectivity index (χ0n) is 12.4. The summed E-state index contributed by atoms with van der Waals surface area (Å²) in [6, 6.07) is 4.39. The maximum absolute atomic E-state index is 5.83. The molecular weight excluding hydrogens is 236 g/mol. The summed E-state index contributed by atoms with van der Waals surface area (Å²) >= 11 is 0. The standard InChI is InChI=1S/C15H24N4/c1-11-8-13-14(9-12(11)2)19(15(10-16)17-13)7-5-6-18(3)4/h8-9H,5-7,10,16H2,1-4H3. The van der Waals surface area contributed by atoms with Crippen molar-refractivity contribution in [3.8, 4) is 0 Å². The van der Waals surface area contributed by atoms with Crippen LogP contribution >= 0.6 is 0 Å². The number of benzene rings is 1. The van der Waals surface area contributed by atoms with Crippen LogP contribution in [0.4, 0.5) is 0 Å². The molecule has 19 heavy (non-hydrogen) atoms. The van der Waals surface area contributed by atoms with Crippen LogP contribution in [0, 0.1) is 13.8 Å². The number of aromatic nitrogens is 2. The molecule has 0 aliphatic heterocycles. The fourth-order valence-corrected chi connectivity index (χ4v) is 2.38. The summed E-state index contributed by atoms with van der Waals surface area (Å²) in [6.07, 6.45) is 1.11. The maximum Gasteiger partial charge on any atom is 0.123 e. The van der Waals surface area contributed by atoms with Gasteiger partial charge in [0, 0.05) is 6.54 Å². The molecule has 0 atom stereocenters. The van der Waals surface area contributed by atoms with Crippen LogP contribution in [0.5, 0.6) is 0 Å². The predicted molar refractivity (Wildman–Crippen MR) is 80.3 cm³/mol. The molecule has 1 aromatic heterocycles. The molecule has 0 saturated heterocycles.